The summed E-state index contributed by atoms with van der Waals surface area (Å²) in [5.74, 6) is 1.69. The molecular weight excluding hydrogens is 228 g/mol. The lowest BCUT2D eigenvalue weighted by Crippen LogP contribution is -2.29. The maximum absolute atomic E-state index is 5.73. The Kier molecular flexibility index (Phi) is 5.01. The van der Waals surface area contributed by atoms with Gasteiger partial charge < -0.3 is 10.6 Å². The molecule has 96 valence electrons. The molecule has 0 bridgehead atoms. The van der Waals surface area contributed by atoms with E-state index in [4.69, 9.17) is 5.73 Å². The summed E-state index contributed by atoms with van der Waals surface area (Å²) < 4.78 is 0. The van der Waals surface area contributed by atoms with Gasteiger partial charge in [0.15, 0.2) is 0 Å². The highest BCUT2D eigenvalue weighted by Gasteiger charge is 2.21. The summed E-state index contributed by atoms with van der Waals surface area (Å²) >= 11 is 1.86. The number of thiophene rings is 1. The SMILES string of the molecule is CN(Cc1cccs1)CC1CCC(CN)CC1. The molecule has 0 unspecified atom stereocenters. The van der Waals surface area contributed by atoms with Gasteiger partial charge in [-0.05, 0) is 62.6 Å². The van der Waals surface area contributed by atoms with E-state index < -0.39 is 0 Å². The molecule has 3 heteroatoms. The summed E-state index contributed by atoms with van der Waals surface area (Å²) in [6.45, 7) is 3.24. The van der Waals surface area contributed by atoms with Crippen molar-refractivity contribution >= 4 is 11.3 Å². The number of rotatable bonds is 5. The molecule has 0 radical (unpaired) electrons. The van der Waals surface area contributed by atoms with Gasteiger partial charge in [-0.2, -0.15) is 0 Å². The van der Waals surface area contributed by atoms with Gasteiger partial charge in [0.05, 0.1) is 0 Å². The molecule has 1 aromatic rings. The highest BCUT2D eigenvalue weighted by molar-refractivity contribution is 7.09. The smallest absolute Gasteiger partial charge is 0.0324 e. The number of hydrogen-bond donors (Lipinski definition) is 1. The van der Waals surface area contributed by atoms with Crippen LogP contribution in [0.3, 0.4) is 0 Å². The first kappa shape index (κ1) is 13.1. The van der Waals surface area contributed by atoms with Crippen LogP contribution in [0.5, 0.6) is 0 Å². The van der Waals surface area contributed by atoms with Crippen LogP contribution in [0.2, 0.25) is 0 Å². The highest BCUT2D eigenvalue weighted by atomic mass is 32.1. The summed E-state index contributed by atoms with van der Waals surface area (Å²) in [5, 5.41) is 2.16. The van der Waals surface area contributed by atoms with Crippen molar-refractivity contribution in [1.82, 2.24) is 4.90 Å². The van der Waals surface area contributed by atoms with E-state index in [0.29, 0.717) is 0 Å². The molecule has 2 rings (SSSR count). The minimum atomic E-state index is 0.800. The molecule has 0 atom stereocenters. The lowest BCUT2D eigenvalue weighted by Gasteiger charge is -2.30. The fourth-order valence-corrected chi connectivity index (χ4v) is 3.61. The zero-order valence-electron chi connectivity index (χ0n) is 10.8. The minimum Gasteiger partial charge on any atom is -0.330 e. The third kappa shape index (κ3) is 4.09. The average molecular weight is 252 g/mol. The van der Waals surface area contributed by atoms with Crippen molar-refractivity contribution in [2.75, 3.05) is 20.1 Å². The fraction of sp³-hybridized carbons (Fsp3) is 0.714. The van der Waals surface area contributed by atoms with Crippen LogP contribution in [0, 0.1) is 11.8 Å². The van der Waals surface area contributed by atoms with Crippen molar-refractivity contribution in [1.29, 1.82) is 0 Å². The first-order valence-corrected chi connectivity index (χ1v) is 7.57. The molecule has 1 aromatic heterocycles. The predicted octanol–water partition coefficient (Wildman–Crippen LogP) is 2.95. The largest absolute Gasteiger partial charge is 0.330 e. The number of nitrogens with zero attached hydrogens (tertiary/aromatic N) is 1. The second-order valence-electron chi connectivity index (χ2n) is 5.40. The van der Waals surface area contributed by atoms with Gasteiger partial charge >= 0.3 is 0 Å². The van der Waals surface area contributed by atoms with Crippen LogP contribution in [-0.2, 0) is 6.54 Å². The minimum absolute atomic E-state index is 0.800. The summed E-state index contributed by atoms with van der Waals surface area (Å²) in [6, 6.07) is 4.37. The van der Waals surface area contributed by atoms with E-state index in [2.05, 4.69) is 29.5 Å². The van der Waals surface area contributed by atoms with Gasteiger partial charge in [0.1, 0.15) is 0 Å². The molecule has 1 heterocycles. The Balaban J connectivity index is 1.70. The molecule has 1 saturated carbocycles. The van der Waals surface area contributed by atoms with Gasteiger partial charge in [0.2, 0.25) is 0 Å². The molecule has 0 amide bonds. The van der Waals surface area contributed by atoms with Crippen LogP contribution in [0.1, 0.15) is 30.6 Å². The van der Waals surface area contributed by atoms with E-state index in [1.54, 1.807) is 0 Å². The van der Waals surface area contributed by atoms with Crippen molar-refractivity contribution in [2.45, 2.75) is 32.2 Å². The van der Waals surface area contributed by atoms with Gasteiger partial charge in [0, 0.05) is 18.0 Å². The Bertz CT molecular complexity index is 302. The Labute approximate surface area is 109 Å². The monoisotopic (exact) mass is 252 g/mol. The Morgan fingerprint density at radius 2 is 2.00 bits per heavy atom. The molecular formula is C14H24N2S. The standard InChI is InChI=1S/C14H24N2S/c1-16(11-14-3-2-8-17-14)10-13-6-4-12(9-15)5-7-13/h2-3,8,12-13H,4-7,9-11,15H2,1H3. The van der Waals surface area contributed by atoms with Gasteiger partial charge in [-0.15, -0.1) is 11.3 Å². The molecule has 17 heavy (non-hydrogen) atoms. The van der Waals surface area contributed by atoms with Crippen LogP contribution in [0.4, 0.5) is 0 Å². The maximum Gasteiger partial charge on any atom is 0.0324 e. The molecule has 2 nitrogen and oxygen atoms in total. The van der Waals surface area contributed by atoms with Crippen LogP contribution >= 0.6 is 11.3 Å². The number of nitrogens with two attached hydrogens (primary N) is 1. The van der Waals surface area contributed by atoms with Crippen molar-refractivity contribution in [3.8, 4) is 0 Å². The Hall–Kier alpha value is -0.380. The van der Waals surface area contributed by atoms with E-state index >= 15 is 0 Å². The second kappa shape index (κ2) is 6.53. The normalized spacial score (nSPS) is 25.4. The zero-order valence-corrected chi connectivity index (χ0v) is 11.6. The molecule has 0 spiro atoms. The van der Waals surface area contributed by atoms with E-state index in [1.807, 2.05) is 11.3 Å². The van der Waals surface area contributed by atoms with Gasteiger partial charge in [-0.1, -0.05) is 6.07 Å². The van der Waals surface area contributed by atoms with Gasteiger partial charge in [-0.3, -0.25) is 0 Å². The summed E-state index contributed by atoms with van der Waals surface area (Å²) in [4.78, 5) is 3.95. The highest BCUT2D eigenvalue weighted by Crippen LogP contribution is 2.28. The maximum atomic E-state index is 5.73. The third-order valence-electron chi connectivity index (χ3n) is 3.88. The van der Waals surface area contributed by atoms with Crippen molar-refractivity contribution in [2.24, 2.45) is 17.6 Å². The summed E-state index contributed by atoms with van der Waals surface area (Å²) in [6.07, 6.45) is 5.43. The second-order valence-corrected chi connectivity index (χ2v) is 6.43. The van der Waals surface area contributed by atoms with E-state index in [1.165, 1.54) is 37.1 Å². The molecule has 0 saturated heterocycles. The molecule has 0 aromatic carbocycles. The molecule has 2 N–H and O–H groups in total. The topological polar surface area (TPSA) is 29.3 Å². The molecule has 1 aliphatic carbocycles. The lowest BCUT2D eigenvalue weighted by atomic mass is 9.82. The van der Waals surface area contributed by atoms with Crippen LogP contribution in [0.25, 0.3) is 0 Å². The predicted molar refractivity (Wildman–Crippen MR) is 75.2 cm³/mol. The quantitative estimate of drug-likeness (QED) is 0.873. The van der Waals surface area contributed by atoms with Crippen molar-refractivity contribution in [3.63, 3.8) is 0 Å². The number of hydrogen-bond acceptors (Lipinski definition) is 3. The summed E-state index contributed by atoms with van der Waals surface area (Å²) in [5.41, 5.74) is 5.73. The van der Waals surface area contributed by atoms with Gasteiger partial charge in [-0.25, -0.2) is 0 Å². The van der Waals surface area contributed by atoms with Crippen LogP contribution < -0.4 is 5.73 Å². The van der Waals surface area contributed by atoms with E-state index in [9.17, 15) is 0 Å². The third-order valence-corrected chi connectivity index (χ3v) is 4.74. The van der Waals surface area contributed by atoms with Crippen LogP contribution in [0.15, 0.2) is 17.5 Å². The fourth-order valence-electron chi connectivity index (χ4n) is 2.82. The average Bonchev–Trinajstić information content (AvgIpc) is 2.82. The lowest BCUT2D eigenvalue weighted by molar-refractivity contribution is 0.202. The van der Waals surface area contributed by atoms with Gasteiger partial charge in [0.25, 0.3) is 0 Å². The van der Waals surface area contributed by atoms with Crippen LogP contribution in [-0.4, -0.2) is 25.0 Å². The molecule has 1 aliphatic rings. The Morgan fingerprint density at radius 3 is 2.59 bits per heavy atom. The molecule has 0 aliphatic heterocycles. The molecule has 1 fully saturated rings. The zero-order chi connectivity index (χ0) is 12.1. The summed E-state index contributed by atoms with van der Waals surface area (Å²) in [7, 11) is 2.24. The first-order valence-electron chi connectivity index (χ1n) is 6.69. The first-order chi connectivity index (χ1) is 8.28. The Morgan fingerprint density at radius 1 is 1.29 bits per heavy atom. The van der Waals surface area contributed by atoms with Crippen molar-refractivity contribution in [3.05, 3.63) is 22.4 Å². The van der Waals surface area contributed by atoms with E-state index in [0.717, 1.165) is 24.9 Å². The van der Waals surface area contributed by atoms with E-state index in [-0.39, 0.29) is 0 Å². The van der Waals surface area contributed by atoms with Crippen molar-refractivity contribution < 1.29 is 0 Å².